The standard InChI is InChI=1S/C12H13FO2/c1-8-11(5-6-15-8)12(14)9-3-2-4-10(13)7-9/h2-4,7-8,11H,5-6H2,1H3. The molecule has 0 aliphatic carbocycles. The summed E-state index contributed by atoms with van der Waals surface area (Å²) in [5.41, 5.74) is 0.442. The summed E-state index contributed by atoms with van der Waals surface area (Å²) in [7, 11) is 0. The van der Waals surface area contributed by atoms with Crippen LogP contribution in [-0.2, 0) is 4.74 Å². The first kappa shape index (κ1) is 10.3. The second-order valence-corrected chi connectivity index (χ2v) is 3.85. The molecule has 2 unspecified atom stereocenters. The van der Waals surface area contributed by atoms with E-state index in [-0.39, 0.29) is 23.6 Å². The number of ketones is 1. The molecule has 0 aromatic heterocycles. The molecule has 1 heterocycles. The van der Waals surface area contributed by atoms with Crippen molar-refractivity contribution in [3.63, 3.8) is 0 Å². The number of carbonyl (C=O) groups excluding carboxylic acids is 1. The van der Waals surface area contributed by atoms with Gasteiger partial charge in [0.2, 0.25) is 0 Å². The molecule has 2 rings (SSSR count). The molecule has 15 heavy (non-hydrogen) atoms. The van der Waals surface area contributed by atoms with Crippen LogP contribution in [0.25, 0.3) is 0 Å². The van der Waals surface area contributed by atoms with Crippen molar-refractivity contribution in [1.29, 1.82) is 0 Å². The molecule has 3 heteroatoms. The minimum atomic E-state index is -0.368. The van der Waals surface area contributed by atoms with Crippen LogP contribution in [0.3, 0.4) is 0 Å². The van der Waals surface area contributed by atoms with Crippen LogP contribution in [-0.4, -0.2) is 18.5 Å². The van der Waals surface area contributed by atoms with E-state index in [2.05, 4.69) is 0 Å². The topological polar surface area (TPSA) is 26.3 Å². The first-order valence-electron chi connectivity index (χ1n) is 5.10. The Morgan fingerprint density at radius 2 is 2.33 bits per heavy atom. The number of carbonyl (C=O) groups is 1. The van der Waals surface area contributed by atoms with Crippen molar-refractivity contribution < 1.29 is 13.9 Å². The molecule has 0 saturated carbocycles. The summed E-state index contributed by atoms with van der Waals surface area (Å²) < 4.78 is 18.3. The summed E-state index contributed by atoms with van der Waals surface area (Å²) in [4.78, 5) is 12.0. The number of hydrogen-bond donors (Lipinski definition) is 0. The molecule has 1 saturated heterocycles. The highest BCUT2D eigenvalue weighted by Gasteiger charge is 2.31. The van der Waals surface area contributed by atoms with Crippen molar-refractivity contribution in [1.82, 2.24) is 0 Å². The van der Waals surface area contributed by atoms with Crippen LogP contribution in [0.1, 0.15) is 23.7 Å². The molecule has 0 radical (unpaired) electrons. The third-order valence-corrected chi connectivity index (χ3v) is 2.82. The van der Waals surface area contributed by atoms with Gasteiger partial charge in [-0.1, -0.05) is 12.1 Å². The van der Waals surface area contributed by atoms with E-state index in [1.165, 1.54) is 12.1 Å². The quantitative estimate of drug-likeness (QED) is 0.698. The number of rotatable bonds is 2. The van der Waals surface area contributed by atoms with Crippen molar-refractivity contribution in [3.8, 4) is 0 Å². The van der Waals surface area contributed by atoms with E-state index in [4.69, 9.17) is 4.74 Å². The molecule has 0 spiro atoms. The molecule has 1 aromatic rings. The largest absolute Gasteiger partial charge is 0.378 e. The van der Waals surface area contributed by atoms with E-state index < -0.39 is 0 Å². The smallest absolute Gasteiger partial charge is 0.168 e. The average molecular weight is 208 g/mol. The van der Waals surface area contributed by atoms with Crippen LogP contribution in [0.15, 0.2) is 24.3 Å². The molecule has 0 amide bonds. The highest BCUT2D eigenvalue weighted by atomic mass is 19.1. The Hall–Kier alpha value is -1.22. The molecule has 2 nitrogen and oxygen atoms in total. The predicted molar refractivity (Wildman–Crippen MR) is 54.3 cm³/mol. The highest BCUT2D eigenvalue weighted by molar-refractivity contribution is 5.98. The lowest BCUT2D eigenvalue weighted by Crippen LogP contribution is -2.21. The number of halogens is 1. The summed E-state index contributed by atoms with van der Waals surface area (Å²) in [5, 5.41) is 0. The molecule has 2 atom stereocenters. The van der Waals surface area contributed by atoms with E-state index in [9.17, 15) is 9.18 Å². The zero-order valence-electron chi connectivity index (χ0n) is 8.57. The third kappa shape index (κ3) is 2.07. The fraction of sp³-hybridized carbons (Fsp3) is 0.417. The van der Waals surface area contributed by atoms with Gasteiger partial charge in [-0.05, 0) is 25.5 Å². The fourth-order valence-corrected chi connectivity index (χ4v) is 1.93. The minimum absolute atomic E-state index is 0.0144. The summed E-state index contributed by atoms with van der Waals surface area (Å²) >= 11 is 0. The lowest BCUT2D eigenvalue weighted by molar-refractivity contribution is 0.0764. The zero-order valence-corrected chi connectivity index (χ0v) is 8.57. The van der Waals surface area contributed by atoms with Gasteiger partial charge in [-0.3, -0.25) is 4.79 Å². The van der Waals surface area contributed by atoms with Crippen molar-refractivity contribution in [2.24, 2.45) is 5.92 Å². The minimum Gasteiger partial charge on any atom is -0.378 e. The molecular formula is C12H13FO2. The predicted octanol–water partition coefficient (Wildman–Crippen LogP) is 2.43. The second kappa shape index (κ2) is 4.11. The number of hydrogen-bond acceptors (Lipinski definition) is 2. The molecule has 0 bridgehead atoms. The summed E-state index contributed by atoms with van der Waals surface area (Å²) in [5.74, 6) is -0.501. The van der Waals surface area contributed by atoms with Gasteiger partial charge in [-0.25, -0.2) is 4.39 Å². The highest BCUT2D eigenvalue weighted by Crippen LogP contribution is 2.24. The summed E-state index contributed by atoms with van der Waals surface area (Å²) in [6.45, 7) is 2.50. The Bertz CT molecular complexity index is 376. The van der Waals surface area contributed by atoms with Crippen molar-refractivity contribution in [3.05, 3.63) is 35.6 Å². The van der Waals surface area contributed by atoms with E-state index in [0.29, 0.717) is 12.2 Å². The Labute approximate surface area is 88.1 Å². The van der Waals surface area contributed by atoms with Gasteiger partial charge < -0.3 is 4.74 Å². The Balaban J connectivity index is 2.20. The van der Waals surface area contributed by atoms with Gasteiger partial charge in [0.1, 0.15) is 5.82 Å². The number of ether oxygens (including phenoxy) is 1. The molecule has 1 aromatic carbocycles. The van der Waals surface area contributed by atoms with Crippen LogP contribution in [0, 0.1) is 11.7 Å². The SMILES string of the molecule is CC1OCCC1C(=O)c1cccc(F)c1. The van der Waals surface area contributed by atoms with Crippen molar-refractivity contribution in [2.75, 3.05) is 6.61 Å². The van der Waals surface area contributed by atoms with Crippen LogP contribution >= 0.6 is 0 Å². The Kier molecular flexibility index (Phi) is 2.82. The fourth-order valence-electron chi connectivity index (χ4n) is 1.93. The number of Topliss-reactive ketones (excluding diaryl/α,β-unsaturated/α-hetero) is 1. The Morgan fingerprint density at radius 3 is 2.93 bits per heavy atom. The summed E-state index contributed by atoms with van der Waals surface area (Å²) in [6.07, 6.45) is 0.678. The average Bonchev–Trinajstić information content (AvgIpc) is 2.63. The van der Waals surface area contributed by atoms with Gasteiger partial charge in [0.25, 0.3) is 0 Å². The maximum Gasteiger partial charge on any atom is 0.168 e. The lowest BCUT2D eigenvalue weighted by Gasteiger charge is -2.12. The Morgan fingerprint density at radius 1 is 1.53 bits per heavy atom. The molecule has 1 fully saturated rings. The van der Waals surface area contributed by atoms with Crippen LogP contribution in [0.4, 0.5) is 4.39 Å². The van der Waals surface area contributed by atoms with E-state index >= 15 is 0 Å². The zero-order chi connectivity index (χ0) is 10.8. The maximum absolute atomic E-state index is 12.9. The van der Waals surface area contributed by atoms with Crippen molar-refractivity contribution in [2.45, 2.75) is 19.4 Å². The molecule has 80 valence electrons. The van der Waals surface area contributed by atoms with Crippen LogP contribution < -0.4 is 0 Å². The van der Waals surface area contributed by atoms with Gasteiger partial charge in [-0.15, -0.1) is 0 Å². The van der Waals surface area contributed by atoms with Gasteiger partial charge in [0, 0.05) is 12.2 Å². The first-order chi connectivity index (χ1) is 7.18. The van der Waals surface area contributed by atoms with E-state index in [1.807, 2.05) is 6.92 Å². The van der Waals surface area contributed by atoms with Crippen LogP contribution in [0.5, 0.6) is 0 Å². The van der Waals surface area contributed by atoms with Crippen molar-refractivity contribution >= 4 is 5.78 Å². The second-order valence-electron chi connectivity index (χ2n) is 3.85. The molecule has 0 N–H and O–H groups in total. The van der Waals surface area contributed by atoms with E-state index in [1.54, 1.807) is 12.1 Å². The number of benzene rings is 1. The molecule has 1 aliphatic heterocycles. The van der Waals surface area contributed by atoms with Gasteiger partial charge in [0.05, 0.1) is 12.0 Å². The van der Waals surface area contributed by atoms with Gasteiger partial charge >= 0.3 is 0 Å². The first-order valence-corrected chi connectivity index (χ1v) is 5.10. The van der Waals surface area contributed by atoms with E-state index in [0.717, 1.165) is 6.42 Å². The maximum atomic E-state index is 12.9. The molecular weight excluding hydrogens is 195 g/mol. The normalized spacial score (nSPS) is 25.5. The summed E-state index contributed by atoms with van der Waals surface area (Å²) in [6, 6.07) is 5.83. The third-order valence-electron chi connectivity index (χ3n) is 2.82. The van der Waals surface area contributed by atoms with Gasteiger partial charge in [0.15, 0.2) is 5.78 Å². The lowest BCUT2D eigenvalue weighted by atomic mass is 9.92. The molecule has 1 aliphatic rings. The van der Waals surface area contributed by atoms with Gasteiger partial charge in [-0.2, -0.15) is 0 Å². The van der Waals surface area contributed by atoms with Crippen LogP contribution in [0.2, 0.25) is 0 Å². The monoisotopic (exact) mass is 208 g/mol.